The van der Waals surface area contributed by atoms with Crippen LogP contribution < -0.4 is 4.90 Å². The molecule has 5 nitrogen and oxygen atoms in total. The van der Waals surface area contributed by atoms with Gasteiger partial charge in [0.1, 0.15) is 12.3 Å². The Labute approximate surface area is 149 Å². The van der Waals surface area contributed by atoms with Crippen LogP contribution in [0.2, 0.25) is 0 Å². The third-order valence-corrected chi connectivity index (χ3v) is 4.57. The van der Waals surface area contributed by atoms with E-state index in [9.17, 15) is 10.2 Å². The van der Waals surface area contributed by atoms with Crippen LogP contribution in [0.3, 0.4) is 0 Å². The zero-order chi connectivity index (χ0) is 18.2. The number of benzene rings is 1. The van der Waals surface area contributed by atoms with E-state index in [-0.39, 0.29) is 12.4 Å². The van der Waals surface area contributed by atoms with Gasteiger partial charge in [0.25, 0.3) is 0 Å². The van der Waals surface area contributed by atoms with Crippen molar-refractivity contribution in [2.45, 2.75) is 40.5 Å². The zero-order valence-electron chi connectivity index (χ0n) is 15.3. The third-order valence-electron chi connectivity index (χ3n) is 4.57. The summed E-state index contributed by atoms with van der Waals surface area (Å²) in [5.74, 6) is 0.0798. The van der Waals surface area contributed by atoms with Crippen LogP contribution in [0, 0.1) is 6.92 Å². The quantitative estimate of drug-likeness (QED) is 0.639. The van der Waals surface area contributed by atoms with Crippen molar-refractivity contribution in [1.29, 1.82) is 0 Å². The largest absolute Gasteiger partial charge is 0.505 e. The van der Waals surface area contributed by atoms with E-state index in [1.165, 1.54) is 16.0 Å². The van der Waals surface area contributed by atoms with Crippen molar-refractivity contribution in [2.75, 3.05) is 13.1 Å². The van der Waals surface area contributed by atoms with E-state index in [4.69, 9.17) is 0 Å². The van der Waals surface area contributed by atoms with Gasteiger partial charge in [-0.25, -0.2) is 0 Å². The lowest BCUT2D eigenvalue weighted by Crippen LogP contribution is -3.10. The summed E-state index contributed by atoms with van der Waals surface area (Å²) in [5, 5.41) is 19.6. The van der Waals surface area contributed by atoms with Crippen molar-refractivity contribution in [1.82, 2.24) is 4.98 Å². The number of aryl methyl sites for hydroxylation is 1. The van der Waals surface area contributed by atoms with Crippen LogP contribution in [0.25, 0.3) is 0 Å². The highest BCUT2D eigenvalue weighted by molar-refractivity contribution is 5.85. The van der Waals surface area contributed by atoms with E-state index in [1.807, 2.05) is 6.07 Å². The highest BCUT2D eigenvalue weighted by atomic mass is 16.3. The van der Waals surface area contributed by atoms with Crippen molar-refractivity contribution in [3.05, 3.63) is 58.4 Å². The summed E-state index contributed by atoms with van der Waals surface area (Å²) < 4.78 is 0. The first-order valence-electron chi connectivity index (χ1n) is 8.79. The van der Waals surface area contributed by atoms with Gasteiger partial charge < -0.3 is 15.1 Å². The number of nitrogens with zero attached hydrogens (tertiary/aromatic N) is 2. The molecule has 1 heterocycles. The molecule has 0 radical (unpaired) electrons. The van der Waals surface area contributed by atoms with Crippen molar-refractivity contribution in [3.8, 4) is 5.75 Å². The maximum Gasteiger partial charge on any atom is 0.145 e. The second-order valence-electron chi connectivity index (χ2n) is 6.16. The molecule has 0 atom stereocenters. The van der Waals surface area contributed by atoms with Gasteiger partial charge in [-0.3, -0.25) is 9.98 Å². The number of nitrogens with one attached hydrogen (secondary N) is 1. The lowest BCUT2D eigenvalue weighted by Gasteiger charge is -2.17. The maximum absolute atomic E-state index is 10.2. The topological polar surface area (TPSA) is 70.2 Å². The van der Waals surface area contributed by atoms with Crippen LogP contribution in [-0.2, 0) is 19.7 Å². The lowest BCUT2D eigenvalue weighted by atomic mass is 10.1. The van der Waals surface area contributed by atoms with Crippen LogP contribution in [0.15, 0.2) is 35.5 Å². The first kappa shape index (κ1) is 19.1. The van der Waals surface area contributed by atoms with Crippen LogP contribution in [0.1, 0.15) is 41.8 Å². The molecule has 0 spiro atoms. The van der Waals surface area contributed by atoms with Gasteiger partial charge in [-0.15, -0.1) is 0 Å². The molecule has 0 saturated carbocycles. The van der Waals surface area contributed by atoms with E-state index < -0.39 is 0 Å². The van der Waals surface area contributed by atoms with E-state index in [1.54, 1.807) is 19.3 Å². The summed E-state index contributed by atoms with van der Waals surface area (Å²) in [5.41, 5.74) is 4.14. The average Bonchev–Trinajstić information content (AvgIpc) is 2.64. The SMILES string of the molecule is CC[NH+](CC)Cc1ccccc1CN=Cc1c(CO)cnc(C)c1O. The number of aromatic hydroxyl groups is 1. The molecule has 0 bridgehead atoms. The van der Waals surface area contributed by atoms with Gasteiger partial charge >= 0.3 is 0 Å². The number of pyridine rings is 1. The van der Waals surface area contributed by atoms with Crippen LogP contribution in [0.5, 0.6) is 5.75 Å². The van der Waals surface area contributed by atoms with Crippen LogP contribution >= 0.6 is 0 Å². The fraction of sp³-hybridized carbons (Fsp3) is 0.400. The molecular weight excluding hydrogens is 314 g/mol. The van der Waals surface area contributed by atoms with E-state index in [0.717, 1.165) is 19.6 Å². The molecule has 0 unspecified atom stereocenters. The summed E-state index contributed by atoms with van der Waals surface area (Å²) in [6, 6.07) is 8.34. The molecule has 1 aromatic heterocycles. The van der Waals surface area contributed by atoms with Gasteiger partial charge in [-0.05, 0) is 26.3 Å². The number of hydrogen-bond donors (Lipinski definition) is 3. The Morgan fingerprint density at radius 3 is 2.44 bits per heavy atom. The fourth-order valence-corrected chi connectivity index (χ4v) is 2.81. The van der Waals surface area contributed by atoms with Gasteiger partial charge in [-0.1, -0.05) is 24.3 Å². The van der Waals surface area contributed by atoms with Crippen molar-refractivity contribution < 1.29 is 15.1 Å². The third kappa shape index (κ3) is 4.87. The maximum atomic E-state index is 10.2. The normalized spacial score (nSPS) is 11.6. The Morgan fingerprint density at radius 2 is 1.80 bits per heavy atom. The summed E-state index contributed by atoms with van der Waals surface area (Å²) in [6.07, 6.45) is 3.21. The smallest absolute Gasteiger partial charge is 0.145 e. The van der Waals surface area contributed by atoms with Gasteiger partial charge in [0.15, 0.2) is 0 Å². The second-order valence-corrected chi connectivity index (χ2v) is 6.16. The molecule has 2 aromatic rings. The van der Waals surface area contributed by atoms with Crippen molar-refractivity contribution in [2.24, 2.45) is 4.99 Å². The molecule has 0 amide bonds. The molecule has 3 N–H and O–H groups in total. The molecular formula is C20H28N3O2+. The van der Waals surface area contributed by atoms with Crippen LogP contribution in [0.4, 0.5) is 0 Å². The lowest BCUT2D eigenvalue weighted by molar-refractivity contribution is -0.910. The van der Waals surface area contributed by atoms with Gasteiger partial charge in [0, 0.05) is 29.1 Å². The molecule has 0 fully saturated rings. The Morgan fingerprint density at radius 1 is 1.12 bits per heavy atom. The molecule has 0 aliphatic heterocycles. The highest BCUT2D eigenvalue weighted by Gasteiger charge is 2.10. The Hall–Kier alpha value is -2.24. The summed E-state index contributed by atoms with van der Waals surface area (Å²) in [4.78, 5) is 10.1. The number of aliphatic imine (C=N–C) groups is 1. The number of aromatic nitrogens is 1. The monoisotopic (exact) mass is 342 g/mol. The van der Waals surface area contributed by atoms with Gasteiger partial charge in [0.2, 0.25) is 0 Å². The highest BCUT2D eigenvalue weighted by Crippen LogP contribution is 2.22. The number of aliphatic hydroxyl groups excluding tert-OH is 1. The number of aliphatic hydroxyl groups is 1. The molecule has 0 aliphatic rings. The van der Waals surface area contributed by atoms with E-state index in [2.05, 4.69) is 42.0 Å². The fourth-order valence-electron chi connectivity index (χ4n) is 2.81. The summed E-state index contributed by atoms with van der Waals surface area (Å²) >= 11 is 0. The predicted octanol–water partition coefficient (Wildman–Crippen LogP) is 1.63. The standard InChI is InChI=1S/C20H27N3O2/c1-4-23(5-2)13-17-9-7-6-8-16(17)10-21-12-19-18(14-24)11-22-15(3)20(19)25/h6-9,11-12,24-25H,4-5,10,13-14H2,1-3H3/p+1. The van der Waals surface area contributed by atoms with Gasteiger partial charge in [-0.2, -0.15) is 0 Å². The number of rotatable bonds is 8. The number of hydrogen-bond acceptors (Lipinski definition) is 4. The Bertz CT molecular complexity index is 725. The zero-order valence-corrected chi connectivity index (χ0v) is 15.3. The van der Waals surface area contributed by atoms with Crippen molar-refractivity contribution in [3.63, 3.8) is 0 Å². The Kier molecular flexibility index (Phi) is 7.10. The summed E-state index contributed by atoms with van der Waals surface area (Å²) in [6.45, 7) is 9.67. The van der Waals surface area contributed by atoms with Gasteiger partial charge in [0.05, 0.1) is 31.9 Å². The first-order chi connectivity index (χ1) is 12.1. The molecule has 0 aliphatic carbocycles. The Balaban J connectivity index is 2.20. The minimum absolute atomic E-state index is 0.0798. The molecule has 1 aromatic carbocycles. The molecule has 5 heteroatoms. The molecule has 25 heavy (non-hydrogen) atoms. The predicted molar refractivity (Wildman–Crippen MR) is 100 cm³/mol. The molecule has 2 rings (SSSR count). The minimum Gasteiger partial charge on any atom is -0.505 e. The second kappa shape index (κ2) is 9.30. The van der Waals surface area contributed by atoms with Crippen LogP contribution in [-0.4, -0.2) is 34.5 Å². The number of quaternary nitrogens is 1. The molecule has 0 saturated heterocycles. The molecule has 134 valence electrons. The minimum atomic E-state index is -0.176. The first-order valence-corrected chi connectivity index (χ1v) is 8.79. The average molecular weight is 342 g/mol. The summed E-state index contributed by atoms with van der Waals surface area (Å²) in [7, 11) is 0. The van der Waals surface area contributed by atoms with E-state index in [0.29, 0.717) is 23.4 Å². The van der Waals surface area contributed by atoms with E-state index >= 15 is 0 Å². The van der Waals surface area contributed by atoms with Crippen molar-refractivity contribution >= 4 is 6.21 Å².